The number of nitrogens with zero attached hydrogens (tertiary/aromatic N) is 2. The molecule has 2 N–H and O–H groups in total. The zero-order chi connectivity index (χ0) is 13.2. The van der Waals surface area contributed by atoms with E-state index in [4.69, 9.17) is 5.11 Å². The molecule has 0 radical (unpaired) electrons. The van der Waals surface area contributed by atoms with E-state index in [1.165, 1.54) is 12.3 Å². The minimum Gasteiger partial charge on any atom is -0.480 e. The lowest BCUT2D eigenvalue weighted by Gasteiger charge is -2.31. The Morgan fingerprint density at radius 3 is 2.94 bits per heavy atom. The number of carbonyl (C=O) groups is 1. The maximum absolute atomic E-state index is 12.0. The van der Waals surface area contributed by atoms with Crippen LogP contribution in [0, 0.1) is 0 Å². The molecule has 2 rings (SSSR count). The molecular formula is C9H13N3O5S. The van der Waals surface area contributed by atoms with Crippen molar-refractivity contribution in [3.63, 3.8) is 0 Å². The highest BCUT2D eigenvalue weighted by molar-refractivity contribution is 7.90. The Bertz CT molecular complexity index is 512. The second-order valence-corrected chi connectivity index (χ2v) is 5.58. The molecule has 0 aromatic carbocycles. The van der Waals surface area contributed by atoms with Crippen LogP contribution in [0.5, 0.6) is 0 Å². The summed E-state index contributed by atoms with van der Waals surface area (Å²) in [6.07, 6.45) is 2.88. The summed E-state index contributed by atoms with van der Waals surface area (Å²) in [6.45, 7) is 0.185. The Kier molecular flexibility index (Phi) is 3.53. The number of hydrogen-bond donors (Lipinski definition) is 2. The molecule has 1 aliphatic heterocycles. The molecule has 1 aliphatic rings. The monoisotopic (exact) mass is 275 g/mol. The molecule has 0 saturated carbocycles. The molecule has 18 heavy (non-hydrogen) atoms. The Balaban J connectivity index is 2.19. The van der Waals surface area contributed by atoms with Crippen LogP contribution in [0.3, 0.4) is 0 Å². The lowest BCUT2D eigenvalue weighted by molar-refractivity contribution is -0.142. The predicted molar refractivity (Wildman–Crippen MR) is 61.0 cm³/mol. The molecule has 1 aromatic heterocycles. The fourth-order valence-corrected chi connectivity index (χ4v) is 3.28. The highest BCUT2D eigenvalue weighted by Gasteiger charge is 2.37. The molecule has 0 amide bonds. The van der Waals surface area contributed by atoms with Crippen molar-refractivity contribution < 1.29 is 22.8 Å². The van der Waals surface area contributed by atoms with Crippen LogP contribution in [0.2, 0.25) is 0 Å². The molecule has 8 nitrogen and oxygen atoms in total. The number of hydrogen-bond acceptors (Lipinski definition) is 5. The van der Waals surface area contributed by atoms with Gasteiger partial charge in [0.1, 0.15) is 12.3 Å². The molecule has 0 spiro atoms. The summed E-state index contributed by atoms with van der Waals surface area (Å²) in [7, 11) is -3.92. The average Bonchev–Trinajstić information content (AvgIpc) is 2.81. The molecule has 0 aliphatic carbocycles. The third-order valence-electron chi connectivity index (χ3n) is 2.72. The zero-order valence-electron chi connectivity index (χ0n) is 9.44. The number of nitrogens with one attached hydrogen (secondary N) is 1. The van der Waals surface area contributed by atoms with E-state index in [0.717, 1.165) is 4.31 Å². The van der Waals surface area contributed by atoms with Gasteiger partial charge in [0.15, 0.2) is 5.82 Å². The highest BCUT2D eigenvalue weighted by atomic mass is 32.2. The Hall–Kier alpha value is -1.61. The van der Waals surface area contributed by atoms with Gasteiger partial charge < -0.3 is 9.63 Å². The lowest BCUT2D eigenvalue weighted by atomic mass is 10.1. The lowest BCUT2D eigenvalue weighted by Crippen LogP contribution is -2.49. The average molecular weight is 275 g/mol. The summed E-state index contributed by atoms with van der Waals surface area (Å²) in [4.78, 5) is 11.0. The second kappa shape index (κ2) is 4.94. The third kappa shape index (κ3) is 2.62. The van der Waals surface area contributed by atoms with Gasteiger partial charge in [0.05, 0.1) is 0 Å². The van der Waals surface area contributed by atoms with Crippen LogP contribution in [0.1, 0.15) is 19.3 Å². The normalized spacial score (nSPS) is 21.7. The van der Waals surface area contributed by atoms with E-state index in [-0.39, 0.29) is 12.4 Å². The number of carboxylic acid groups (broad SMARTS) is 1. The van der Waals surface area contributed by atoms with Crippen molar-refractivity contribution in [2.45, 2.75) is 25.3 Å². The van der Waals surface area contributed by atoms with Crippen molar-refractivity contribution in [1.82, 2.24) is 9.46 Å². The molecule has 1 aromatic rings. The van der Waals surface area contributed by atoms with Crippen molar-refractivity contribution in [3.8, 4) is 0 Å². The van der Waals surface area contributed by atoms with Gasteiger partial charge in [-0.1, -0.05) is 5.16 Å². The number of carboxylic acids is 1. The molecular weight excluding hydrogens is 262 g/mol. The van der Waals surface area contributed by atoms with Gasteiger partial charge in [0, 0.05) is 12.6 Å². The number of rotatable bonds is 4. The van der Waals surface area contributed by atoms with Gasteiger partial charge in [-0.05, 0) is 19.3 Å². The fraction of sp³-hybridized carbons (Fsp3) is 0.556. The topological polar surface area (TPSA) is 113 Å². The van der Waals surface area contributed by atoms with Crippen molar-refractivity contribution in [1.29, 1.82) is 0 Å². The number of piperidine rings is 1. The van der Waals surface area contributed by atoms with Crippen LogP contribution in [0.25, 0.3) is 0 Å². The van der Waals surface area contributed by atoms with Gasteiger partial charge in [-0.25, -0.2) is 0 Å². The summed E-state index contributed by atoms with van der Waals surface area (Å²) in [5.74, 6) is -1.11. The van der Waals surface area contributed by atoms with Crippen molar-refractivity contribution in [2.24, 2.45) is 0 Å². The van der Waals surface area contributed by atoms with Crippen LogP contribution in [-0.4, -0.2) is 41.5 Å². The van der Waals surface area contributed by atoms with E-state index in [1.807, 2.05) is 0 Å². The first-order valence-electron chi connectivity index (χ1n) is 5.43. The standard InChI is InChI=1S/C9H13N3O5S/c13-9(14)7-3-1-2-5-12(7)18(15,16)11-8-4-6-17-10-8/h4,6-7H,1-3,5H2,(H,10,11)(H,13,14). The maximum Gasteiger partial charge on any atom is 0.322 e. The van der Waals surface area contributed by atoms with Crippen LogP contribution in [-0.2, 0) is 15.0 Å². The molecule has 1 fully saturated rings. The number of aliphatic carboxylic acids is 1. The first-order chi connectivity index (χ1) is 8.50. The minimum atomic E-state index is -3.92. The van der Waals surface area contributed by atoms with Gasteiger partial charge in [0.2, 0.25) is 0 Å². The number of aromatic nitrogens is 1. The first-order valence-corrected chi connectivity index (χ1v) is 6.87. The van der Waals surface area contributed by atoms with E-state index < -0.39 is 22.2 Å². The molecule has 1 saturated heterocycles. The molecule has 100 valence electrons. The molecule has 1 atom stereocenters. The Morgan fingerprint density at radius 2 is 2.33 bits per heavy atom. The summed E-state index contributed by atoms with van der Waals surface area (Å²) in [5.41, 5.74) is 0. The van der Waals surface area contributed by atoms with E-state index in [1.54, 1.807) is 0 Å². The molecule has 1 unspecified atom stereocenters. The SMILES string of the molecule is O=C(O)C1CCCCN1S(=O)(=O)Nc1ccon1. The van der Waals surface area contributed by atoms with Crippen LogP contribution in [0.4, 0.5) is 5.82 Å². The molecule has 9 heteroatoms. The van der Waals surface area contributed by atoms with E-state index in [0.29, 0.717) is 19.3 Å². The zero-order valence-corrected chi connectivity index (χ0v) is 10.3. The second-order valence-electron chi connectivity index (χ2n) is 3.95. The van der Waals surface area contributed by atoms with E-state index >= 15 is 0 Å². The number of anilines is 1. The largest absolute Gasteiger partial charge is 0.480 e. The van der Waals surface area contributed by atoms with E-state index in [2.05, 4.69) is 14.4 Å². The van der Waals surface area contributed by atoms with Crippen molar-refractivity contribution >= 4 is 22.0 Å². The van der Waals surface area contributed by atoms with Crippen LogP contribution in [0.15, 0.2) is 16.9 Å². The fourth-order valence-electron chi connectivity index (χ4n) is 1.90. The Morgan fingerprint density at radius 1 is 1.56 bits per heavy atom. The summed E-state index contributed by atoms with van der Waals surface area (Å²) in [5, 5.41) is 12.5. The van der Waals surface area contributed by atoms with Crippen LogP contribution < -0.4 is 4.72 Å². The van der Waals surface area contributed by atoms with Crippen molar-refractivity contribution in [2.75, 3.05) is 11.3 Å². The smallest absolute Gasteiger partial charge is 0.322 e. The summed E-state index contributed by atoms with van der Waals surface area (Å²) >= 11 is 0. The minimum absolute atomic E-state index is 0.0321. The van der Waals surface area contributed by atoms with Gasteiger partial charge in [-0.15, -0.1) is 0 Å². The van der Waals surface area contributed by atoms with Gasteiger partial charge in [-0.3, -0.25) is 9.52 Å². The van der Waals surface area contributed by atoms with E-state index in [9.17, 15) is 13.2 Å². The van der Waals surface area contributed by atoms with Gasteiger partial charge >= 0.3 is 16.2 Å². The summed E-state index contributed by atoms with van der Waals surface area (Å²) < 4.78 is 31.7. The molecule has 0 bridgehead atoms. The summed E-state index contributed by atoms with van der Waals surface area (Å²) in [6, 6.07) is 0.320. The van der Waals surface area contributed by atoms with Gasteiger partial charge in [0.25, 0.3) is 0 Å². The van der Waals surface area contributed by atoms with Crippen molar-refractivity contribution in [3.05, 3.63) is 12.3 Å². The predicted octanol–water partition coefficient (Wildman–Crippen LogP) is 0.270. The maximum atomic E-state index is 12.0. The molecule has 2 heterocycles. The van der Waals surface area contributed by atoms with Gasteiger partial charge in [-0.2, -0.15) is 12.7 Å². The Labute approximate surface area is 104 Å². The third-order valence-corrected chi connectivity index (χ3v) is 4.24. The van der Waals surface area contributed by atoms with Crippen LogP contribution >= 0.6 is 0 Å². The first kappa shape index (κ1) is 12.8. The quantitative estimate of drug-likeness (QED) is 0.815. The highest BCUT2D eigenvalue weighted by Crippen LogP contribution is 2.21.